The van der Waals surface area contributed by atoms with Gasteiger partial charge in [-0.25, -0.2) is 0 Å². The van der Waals surface area contributed by atoms with Gasteiger partial charge in [0.05, 0.1) is 6.42 Å². The molecule has 2 amide bonds. The van der Waals surface area contributed by atoms with Gasteiger partial charge in [0, 0.05) is 16.9 Å². The number of rotatable bonds is 5. The predicted molar refractivity (Wildman–Crippen MR) is 104 cm³/mol. The molecule has 0 aliphatic rings. The highest BCUT2D eigenvalue weighted by molar-refractivity contribution is 6.04. The molecular weight excluding hydrogens is 324 g/mol. The summed E-state index contributed by atoms with van der Waals surface area (Å²) in [7, 11) is 0. The molecular formula is C22H20N2O2. The third-order valence-electron chi connectivity index (χ3n) is 4.00. The monoisotopic (exact) mass is 344 g/mol. The topological polar surface area (TPSA) is 58.2 Å². The van der Waals surface area contributed by atoms with E-state index >= 15 is 0 Å². The van der Waals surface area contributed by atoms with Crippen LogP contribution in [0.2, 0.25) is 0 Å². The minimum Gasteiger partial charge on any atom is -0.326 e. The van der Waals surface area contributed by atoms with Gasteiger partial charge in [-0.1, -0.05) is 48.5 Å². The van der Waals surface area contributed by atoms with Crippen molar-refractivity contribution >= 4 is 23.2 Å². The lowest BCUT2D eigenvalue weighted by atomic mass is 10.1. The Kier molecular flexibility index (Phi) is 5.44. The highest BCUT2D eigenvalue weighted by Gasteiger charge is 2.09. The van der Waals surface area contributed by atoms with Crippen LogP contribution in [0.5, 0.6) is 0 Å². The normalized spacial score (nSPS) is 10.2. The Bertz CT molecular complexity index is 906. The van der Waals surface area contributed by atoms with Crippen molar-refractivity contribution in [3.8, 4) is 0 Å². The van der Waals surface area contributed by atoms with E-state index in [0.717, 1.165) is 16.8 Å². The Morgan fingerprint density at radius 2 is 1.46 bits per heavy atom. The number of anilines is 2. The van der Waals surface area contributed by atoms with Gasteiger partial charge in [-0.05, 0) is 48.4 Å². The van der Waals surface area contributed by atoms with E-state index in [9.17, 15) is 9.59 Å². The van der Waals surface area contributed by atoms with Crippen molar-refractivity contribution in [1.29, 1.82) is 0 Å². The molecule has 4 heteroatoms. The lowest BCUT2D eigenvalue weighted by Gasteiger charge is -2.11. The van der Waals surface area contributed by atoms with Gasteiger partial charge in [0.25, 0.3) is 5.91 Å². The van der Waals surface area contributed by atoms with Crippen LogP contribution in [0.4, 0.5) is 11.4 Å². The van der Waals surface area contributed by atoms with Crippen LogP contribution in [0.15, 0.2) is 78.9 Å². The number of carbonyl (C=O) groups excluding carboxylic acids is 2. The number of aryl methyl sites for hydroxylation is 1. The van der Waals surface area contributed by atoms with E-state index in [1.165, 1.54) is 0 Å². The minimum absolute atomic E-state index is 0.0725. The van der Waals surface area contributed by atoms with Crippen LogP contribution in [0.3, 0.4) is 0 Å². The molecule has 0 aliphatic carbocycles. The molecule has 0 atom stereocenters. The van der Waals surface area contributed by atoms with Gasteiger partial charge in [0.2, 0.25) is 5.91 Å². The molecule has 4 nitrogen and oxygen atoms in total. The van der Waals surface area contributed by atoms with E-state index in [-0.39, 0.29) is 11.8 Å². The van der Waals surface area contributed by atoms with Gasteiger partial charge in [0.15, 0.2) is 0 Å². The first-order chi connectivity index (χ1) is 12.6. The zero-order valence-electron chi connectivity index (χ0n) is 14.5. The highest BCUT2D eigenvalue weighted by atomic mass is 16.2. The molecule has 0 heterocycles. The van der Waals surface area contributed by atoms with Crippen molar-refractivity contribution in [1.82, 2.24) is 0 Å². The van der Waals surface area contributed by atoms with Crippen LogP contribution in [-0.2, 0) is 11.2 Å². The van der Waals surface area contributed by atoms with Gasteiger partial charge in [-0.3, -0.25) is 9.59 Å². The number of amides is 2. The number of benzene rings is 3. The number of hydrogen-bond donors (Lipinski definition) is 2. The van der Waals surface area contributed by atoms with Crippen molar-refractivity contribution in [3.63, 3.8) is 0 Å². The van der Waals surface area contributed by atoms with Crippen LogP contribution in [0.1, 0.15) is 21.5 Å². The molecule has 0 bridgehead atoms. The van der Waals surface area contributed by atoms with E-state index in [2.05, 4.69) is 10.6 Å². The highest BCUT2D eigenvalue weighted by Crippen LogP contribution is 2.20. The number of hydrogen-bond acceptors (Lipinski definition) is 2. The Balaban J connectivity index is 1.64. The minimum atomic E-state index is -0.158. The van der Waals surface area contributed by atoms with Crippen molar-refractivity contribution in [2.24, 2.45) is 0 Å². The molecule has 0 saturated heterocycles. The summed E-state index contributed by atoms with van der Waals surface area (Å²) in [6.45, 7) is 1.90. The standard InChI is InChI=1S/C22H20N2O2/c1-16-14-19(23-21(25)15-17-8-4-2-5-9-17)12-13-20(16)24-22(26)18-10-6-3-7-11-18/h2-14H,15H2,1H3,(H,23,25)(H,24,26). The van der Waals surface area contributed by atoms with Crippen LogP contribution in [-0.4, -0.2) is 11.8 Å². The predicted octanol–water partition coefficient (Wildman–Crippen LogP) is 4.43. The van der Waals surface area contributed by atoms with Crippen LogP contribution in [0.25, 0.3) is 0 Å². The lowest BCUT2D eigenvalue weighted by molar-refractivity contribution is -0.115. The zero-order valence-corrected chi connectivity index (χ0v) is 14.5. The number of carbonyl (C=O) groups is 2. The fourth-order valence-electron chi connectivity index (χ4n) is 2.65. The van der Waals surface area contributed by atoms with Crippen molar-refractivity contribution in [2.45, 2.75) is 13.3 Å². The Morgan fingerprint density at radius 3 is 2.12 bits per heavy atom. The molecule has 2 N–H and O–H groups in total. The van der Waals surface area contributed by atoms with Gasteiger partial charge < -0.3 is 10.6 Å². The van der Waals surface area contributed by atoms with Gasteiger partial charge in [-0.2, -0.15) is 0 Å². The van der Waals surface area contributed by atoms with E-state index < -0.39 is 0 Å². The molecule has 0 aliphatic heterocycles. The van der Waals surface area contributed by atoms with Gasteiger partial charge >= 0.3 is 0 Å². The van der Waals surface area contributed by atoms with Crippen LogP contribution in [0, 0.1) is 6.92 Å². The van der Waals surface area contributed by atoms with E-state index in [1.54, 1.807) is 24.3 Å². The molecule has 0 spiro atoms. The molecule has 3 aromatic carbocycles. The molecule has 0 radical (unpaired) electrons. The van der Waals surface area contributed by atoms with Gasteiger partial charge in [0.1, 0.15) is 0 Å². The maximum absolute atomic E-state index is 12.3. The number of nitrogens with one attached hydrogen (secondary N) is 2. The summed E-state index contributed by atoms with van der Waals surface area (Å²) in [5.74, 6) is -0.230. The van der Waals surface area contributed by atoms with Crippen molar-refractivity contribution in [2.75, 3.05) is 10.6 Å². The molecule has 0 saturated carbocycles. The molecule has 26 heavy (non-hydrogen) atoms. The first kappa shape index (κ1) is 17.4. The quantitative estimate of drug-likeness (QED) is 0.719. The third-order valence-corrected chi connectivity index (χ3v) is 4.00. The fourth-order valence-corrected chi connectivity index (χ4v) is 2.65. The third kappa shape index (κ3) is 4.57. The van der Waals surface area contributed by atoms with E-state index in [4.69, 9.17) is 0 Å². The second-order valence-electron chi connectivity index (χ2n) is 6.06. The first-order valence-electron chi connectivity index (χ1n) is 8.42. The van der Waals surface area contributed by atoms with Crippen molar-refractivity contribution in [3.05, 3.63) is 95.6 Å². The summed E-state index contributed by atoms with van der Waals surface area (Å²) < 4.78 is 0. The van der Waals surface area contributed by atoms with Crippen LogP contribution < -0.4 is 10.6 Å². The molecule has 3 aromatic rings. The largest absolute Gasteiger partial charge is 0.326 e. The Hall–Kier alpha value is -3.40. The maximum atomic E-state index is 12.3. The summed E-state index contributed by atoms with van der Waals surface area (Å²) in [5, 5.41) is 5.79. The molecule has 130 valence electrons. The van der Waals surface area contributed by atoms with Gasteiger partial charge in [-0.15, -0.1) is 0 Å². The smallest absolute Gasteiger partial charge is 0.255 e. The summed E-state index contributed by atoms with van der Waals surface area (Å²) in [6.07, 6.45) is 0.326. The van der Waals surface area contributed by atoms with E-state index in [0.29, 0.717) is 17.7 Å². The second-order valence-corrected chi connectivity index (χ2v) is 6.06. The second kappa shape index (κ2) is 8.12. The van der Waals surface area contributed by atoms with Crippen molar-refractivity contribution < 1.29 is 9.59 Å². The van der Waals surface area contributed by atoms with Crippen LogP contribution >= 0.6 is 0 Å². The summed E-state index contributed by atoms with van der Waals surface area (Å²) >= 11 is 0. The fraction of sp³-hybridized carbons (Fsp3) is 0.0909. The zero-order chi connectivity index (χ0) is 18.4. The Labute approximate surface area is 152 Å². The average molecular weight is 344 g/mol. The lowest BCUT2D eigenvalue weighted by Crippen LogP contribution is -2.15. The molecule has 0 fully saturated rings. The SMILES string of the molecule is Cc1cc(NC(=O)Cc2ccccc2)ccc1NC(=O)c1ccccc1. The van der Waals surface area contributed by atoms with E-state index in [1.807, 2.05) is 61.5 Å². The first-order valence-corrected chi connectivity index (χ1v) is 8.42. The average Bonchev–Trinajstić information content (AvgIpc) is 2.65. The molecule has 0 aromatic heterocycles. The molecule has 0 unspecified atom stereocenters. The summed E-state index contributed by atoms with van der Waals surface area (Å²) in [6, 6.07) is 24.1. The summed E-state index contributed by atoms with van der Waals surface area (Å²) in [4.78, 5) is 24.4. The Morgan fingerprint density at radius 1 is 0.808 bits per heavy atom. The molecule has 3 rings (SSSR count). The maximum Gasteiger partial charge on any atom is 0.255 e. The summed E-state index contributed by atoms with van der Waals surface area (Å²) in [5.41, 5.74) is 3.88.